The Kier molecular flexibility index (Phi) is 5.21. The quantitative estimate of drug-likeness (QED) is 0.709. The van der Waals surface area contributed by atoms with E-state index in [4.69, 9.17) is 0 Å². The number of hydrogen-bond donors (Lipinski definition) is 2. The minimum absolute atomic E-state index is 0.0941. The first kappa shape index (κ1) is 18.4. The number of H-pyrrole nitrogens is 1. The average Bonchev–Trinajstić information content (AvgIpc) is 3.14. The Bertz CT molecular complexity index is 962. The number of carbonyl (C=O) groups excluding carboxylic acids is 1. The third-order valence-electron chi connectivity index (χ3n) is 5.08. The lowest BCUT2D eigenvalue weighted by molar-refractivity contribution is -0.117. The van der Waals surface area contributed by atoms with E-state index >= 15 is 0 Å². The lowest BCUT2D eigenvalue weighted by Crippen LogP contribution is -2.49. The molecule has 0 aliphatic carbocycles. The normalized spacial score (nSPS) is 15.1. The molecule has 0 radical (unpaired) electrons. The highest BCUT2D eigenvalue weighted by molar-refractivity contribution is 5.92. The molecule has 1 aromatic carbocycles. The molecule has 7 nitrogen and oxygen atoms in total. The summed E-state index contributed by atoms with van der Waals surface area (Å²) in [7, 11) is 0. The van der Waals surface area contributed by atoms with E-state index in [1.807, 2.05) is 6.20 Å². The third kappa shape index (κ3) is 3.82. The fourth-order valence-corrected chi connectivity index (χ4v) is 3.58. The van der Waals surface area contributed by atoms with E-state index in [1.54, 1.807) is 18.5 Å². The van der Waals surface area contributed by atoms with Crippen molar-refractivity contribution >= 4 is 28.4 Å². The van der Waals surface area contributed by atoms with E-state index in [-0.39, 0.29) is 11.7 Å². The largest absolute Gasteiger partial charge is 0.353 e. The Morgan fingerprint density at radius 3 is 2.64 bits per heavy atom. The van der Waals surface area contributed by atoms with Crippen LogP contribution in [0.1, 0.15) is 12.5 Å². The molecule has 0 unspecified atom stereocenters. The minimum atomic E-state index is -0.318. The number of fused-ring (bicyclic) bond motifs is 1. The summed E-state index contributed by atoms with van der Waals surface area (Å²) in [4.78, 5) is 28.7. The summed E-state index contributed by atoms with van der Waals surface area (Å²) in [6.45, 7) is 5.57. The highest BCUT2D eigenvalue weighted by Gasteiger charge is 2.22. The Morgan fingerprint density at radius 1 is 1.18 bits per heavy atom. The topological polar surface area (TPSA) is 77.2 Å². The second-order valence-corrected chi connectivity index (χ2v) is 6.91. The fourth-order valence-electron chi connectivity index (χ4n) is 3.58. The molecular formula is C20H23FN6O. The van der Waals surface area contributed by atoms with Gasteiger partial charge in [0.2, 0.25) is 5.91 Å². The van der Waals surface area contributed by atoms with Crippen LogP contribution >= 0.6 is 0 Å². The van der Waals surface area contributed by atoms with Crippen molar-refractivity contribution in [3.05, 3.63) is 48.2 Å². The SMILES string of the molecule is CCc1c[nH]c2ncnc(N3CCN(CC(=O)Nc4ccc(F)cc4)CC3)c12. The number of rotatable bonds is 5. The van der Waals surface area contributed by atoms with Crippen molar-refractivity contribution in [1.29, 1.82) is 0 Å². The number of nitrogens with zero attached hydrogens (tertiary/aromatic N) is 4. The lowest BCUT2D eigenvalue weighted by atomic mass is 10.1. The fraction of sp³-hybridized carbons (Fsp3) is 0.350. The maximum Gasteiger partial charge on any atom is 0.238 e. The molecule has 8 heteroatoms. The summed E-state index contributed by atoms with van der Waals surface area (Å²) in [5, 5.41) is 3.90. The molecule has 1 fully saturated rings. The van der Waals surface area contributed by atoms with Gasteiger partial charge in [-0.05, 0) is 36.2 Å². The van der Waals surface area contributed by atoms with Gasteiger partial charge in [0.1, 0.15) is 23.6 Å². The molecule has 0 bridgehead atoms. The van der Waals surface area contributed by atoms with Crippen LogP contribution in [0.4, 0.5) is 15.9 Å². The van der Waals surface area contributed by atoms with Gasteiger partial charge in [0, 0.05) is 38.1 Å². The molecule has 0 saturated carbocycles. The number of amides is 1. The van der Waals surface area contributed by atoms with Crippen molar-refractivity contribution in [3.8, 4) is 0 Å². The van der Waals surface area contributed by atoms with Crippen LogP contribution in [-0.2, 0) is 11.2 Å². The van der Waals surface area contributed by atoms with E-state index in [0.29, 0.717) is 12.2 Å². The van der Waals surface area contributed by atoms with Gasteiger partial charge in [0.15, 0.2) is 0 Å². The molecule has 2 aromatic heterocycles. The van der Waals surface area contributed by atoms with E-state index in [9.17, 15) is 9.18 Å². The van der Waals surface area contributed by atoms with E-state index in [1.165, 1.54) is 17.7 Å². The van der Waals surface area contributed by atoms with Gasteiger partial charge in [0.05, 0.1) is 11.9 Å². The molecule has 4 rings (SSSR count). The van der Waals surface area contributed by atoms with Crippen LogP contribution in [0.3, 0.4) is 0 Å². The molecule has 0 atom stereocenters. The Labute approximate surface area is 162 Å². The number of anilines is 2. The maximum atomic E-state index is 13.0. The van der Waals surface area contributed by atoms with E-state index < -0.39 is 0 Å². The molecule has 28 heavy (non-hydrogen) atoms. The zero-order chi connectivity index (χ0) is 19.5. The standard InChI is InChI=1S/C20H23FN6O/c1-2-14-11-22-19-18(14)20(24-13-23-19)27-9-7-26(8-10-27)12-17(28)25-16-5-3-15(21)4-6-16/h3-6,11,13H,2,7-10,12H2,1H3,(H,25,28)(H,22,23,24). The van der Waals surface area contributed by atoms with Gasteiger partial charge in [-0.2, -0.15) is 0 Å². The summed E-state index contributed by atoms with van der Waals surface area (Å²) in [5.74, 6) is 0.545. The maximum absolute atomic E-state index is 13.0. The zero-order valence-corrected chi connectivity index (χ0v) is 15.8. The average molecular weight is 382 g/mol. The molecule has 1 amide bonds. The molecule has 0 spiro atoms. The van der Waals surface area contributed by atoms with Crippen molar-refractivity contribution in [1.82, 2.24) is 19.9 Å². The van der Waals surface area contributed by atoms with Crippen molar-refractivity contribution in [2.75, 3.05) is 42.9 Å². The summed E-state index contributed by atoms with van der Waals surface area (Å²) < 4.78 is 13.0. The number of carbonyl (C=O) groups is 1. The predicted molar refractivity (Wildman–Crippen MR) is 107 cm³/mol. The summed E-state index contributed by atoms with van der Waals surface area (Å²) in [6.07, 6.45) is 4.51. The predicted octanol–water partition coefficient (Wildman–Crippen LogP) is 2.42. The monoisotopic (exact) mass is 382 g/mol. The van der Waals surface area contributed by atoms with Crippen LogP contribution in [-0.4, -0.2) is 58.5 Å². The van der Waals surface area contributed by atoms with Crippen LogP contribution in [0, 0.1) is 5.82 Å². The first-order valence-corrected chi connectivity index (χ1v) is 9.47. The number of halogens is 1. The van der Waals surface area contributed by atoms with Gasteiger partial charge in [-0.3, -0.25) is 9.69 Å². The van der Waals surface area contributed by atoms with Crippen molar-refractivity contribution < 1.29 is 9.18 Å². The highest BCUT2D eigenvalue weighted by Crippen LogP contribution is 2.27. The molecule has 1 aliphatic heterocycles. The zero-order valence-electron chi connectivity index (χ0n) is 15.8. The number of aromatic nitrogens is 3. The molecule has 2 N–H and O–H groups in total. The summed E-state index contributed by atoms with van der Waals surface area (Å²) in [6, 6.07) is 5.80. The van der Waals surface area contributed by atoms with Gasteiger partial charge >= 0.3 is 0 Å². The van der Waals surface area contributed by atoms with Gasteiger partial charge in [-0.25, -0.2) is 14.4 Å². The summed E-state index contributed by atoms with van der Waals surface area (Å²) >= 11 is 0. The lowest BCUT2D eigenvalue weighted by Gasteiger charge is -2.35. The van der Waals surface area contributed by atoms with Gasteiger partial charge in [-0.1, -0.05) is 6.92 Å². The number of aryl methyl sites for hydroxylation is 1. The summed E-state index contributed by atoms with van der Waals surface area (Å²) in [5.41, 5.74) is 2.68. The third-order valence-corrected chi connectivity index (χ3v) is 5.08. The number of piperazine rings is 1. The molecule has 1 saturated heterocycles. The van der Waals surface area contributed by atoms with Gasteiger partial charge in [-0.15, -0.1) is 0 Å². The van der Waals surface area contributed by atoms with Crippen LogP contribution in [0.2, 0.25) is 0 Å². The van der Waals surface area contributed by atoms with Crippen molar-refractivity contribution in [3.63, 3.8) is 0 Å². The number of hydrogen-bond acceptors (Lipinski definition) is 5. The highest BCUT2D eigenvalue weighted by atomic mass is 19.1. The second-order valence-electron chi connectivity index (χ2n) is 6.91. The van der Waals surface area contributed by atoms with Gasteiger partial charge < -0.3 is 15.2 Å². The number of benzene rings is 1. The van der Waals surface area contributed by atoms with Gasteiger partial charge in [0.25, 0.3) is 0 Å². The number of nitrogens with one attached hydrogen (secondary N) is 2. The van der Waals surface area contributed by atoms with Crippen LogP contribution in [0.25, 0.3) is 11.0 Å². The minimum Gasteiger partial charge on any atom is -0.353 e. The van der Waals surface area contributed by atoms with E-state index in [2.05, 4.69) is 37.0 Å². The smallest absolute Gasteiger partial charge is 0.238 e. The first-order valence-electron chi connectivity index (χ1n) is 9.47. The molecular weight excluding hydrogens is 359 g/mol. The van der Waals surface area contributed by atoms with Crippen molar-refractivity contribution in [2.45, 2.75) is 13.3 Å². The second kappa shape index (κ2) is 7.93. The first-order chi connectivity index (χ1) is 13.6. The van der Waals surface area contributed by atoms with Crippen molar-refractivity contribution in [2.24, 2.45) is 0 Å². The number of aromatic amines is 1. The molecule has 1 aliphatic rings. The Hall–Kier alpha value is -3.00. The Balaban J connectivity index is 1.36. The molecule has 146 valence electrons. The Morgan fingerprint density at radius 2 is 1.93 bits per heavy atom. The van der Waals surface area contributed by atoms with Crippen LogP contribution in [0.15, 0.2) is 36.8 Å². The van der Waals surface area contributed by atoms with Crippen LogP contribution < -0.4 is 10.2 Å². The molecule has 3 aromatic rings. The van der Waals surface area contributed by atoms with Crippen LogP contribution in [0.5, 0.6) is 0 Å². The molecule has 3 heterocycles. The van der Waals surface area contributed by atoms with E-state index in [0.717, 1.165) is 49.5 Å².